The lowest BCUT2D eigenvalue weighted by molar-refractivity contribution is 0.125. The molecule has 0 amide bonds. The third-order valence-corrected chi connectivity index (χ3v) is 2.68. The highest BCUT2D eigenvalue weighted by atomic mass is 16.5. The third-order valence-electron chi connectivity index (χ3n) is 2.68. The van der Waals surface area contributed by atoms with Crippen LogP contribution >= 0.6 is 0 Å². The maximum Gasteiger partial charge on any atom is 0.0717 e. The van der Waals surface area contributed by atoms with Gasteiger partial charge >= 0.3 is 0 Å². The molecule has 0 radical (unpaired) electrons. The second kappa shape index (κ2) is 10.1. The van der Waals surface area contributed by atoms with E-state index in [1.165, 1.54) is 31.2 Å². The summed E-state index contributed by atoms with van der Waals surface area (Å²) >= 11 is 0. The van der Waals surface area contributed by atoms with Crippen molar-refractivity contribution in [1.82, 2.24) is 0 Å². The minimum Gasteiger partial charge on any atom is -0.376 e. The zero-order valence-corrected chi connectivity index (χ0v) is 10.9. The maximum absolute atomic E-state index is 5.60. The minimum absolute atomic E-state index is 0.727. The van der Waals surface area contributed by atoms with Gasteiger partial charge in [0.1, 0.15) is 0 Å². The molecular formula is C16H24O. The van der Waals surface area contributed by atoms with E-state index in [1.807, 2.05) is 18.2 Å². The molecule has 0 saturated heterocycles. The molecule has 1 rings (SSSR count). The smallest absolute Gasteiger partial charge is 0.0717 e. The van der Waals surface area contributed by atoms with E-state index in [-0.39, 0.29) is 0 Å². The van der Waals surface area contributed by atoms with E-state index in [2.05, 4.69) is 31.2 Å². The summed E-state index contributed by atoms with van der Waals surface area (Å²) in [6, 6.07) is 10.3. The van der Waals surface area contributed by atoms with Crippen molar-refractivity contribution in [2.75, 3.05) is 6.61 Å². The van der Waals surface area contributed by atoms with Crippen LogP contribution in [0.5, 0.6) is 0 Å². The summed E-state index contributed by atoms with van der Waals surface area (Å²) in [4.78, 5) is 0. The lowest BCUT2D eigenvalue weighted by atomic mass is 10.2. The second-order valence-corrected chi connectivity index (χ2v) is 4.29. The summed E-state index contributed by atoms with van der Waals surface area (Å²) < 4.78 is 5.60. The van der Waals surface area contributed by atoms with Gasteiger partial charge in [0.2, 0.25) is 0 Å². The van der Waals surface area contributed by atoms with Crippen LogP contribution in [0.25, 0.3) is 0 Å². The van der Waals surface area contributed by atoms with E-state index >= 15 is 0 Å². The van der Waals surface area contributed by atoms with Crippen molar-refractivity contribution in [2.24, 2.45) is 0 Å². The van der Waals surface area contributed by atoms with Gasteiger partial charge in [-0.15, -0.1) is 0 Å². The first-order valence-electron chi connectivity index (χ1n) is 6.70. The predicted molar refractivity (Wildman–Crippen MR) is 74.0 cm³/mol. The predicted octanol–water partition coefficient (Wildman–Crippen LogP) is 4.73. The first-order valence-corrected chi connectivity index (χ1v) is 6.70. The van der Waals surface area contributed by atoms with Crippen molar-refractivity contribution in [2.45, 2.75) is 45.6 Å². The van der Waals surface area contributed by atoms with E-state index in [9.17, 15) is 0 Å². The number of rotatable bonds is 9. The van der Waals surface area contributed by atoms with Gasteiger partial charge in [-0.05, 0) is 24.8 Å². The number of allylic oxidation sites excluding steroid dienone is 1. The monoisotopic (exact) mass is 232 g/mol. The molecule has 0 unspecified atom stereocenters. The quantitative estimate of drug-likeness (QED) is 0.442. The van der Waals surface area contributed by atoms with Crippen molar-refractivity contribution in [1.29, 1.82) is 0 Å². The molecule has 0 heterocycles. The summed E-state index contributed by atoms with van der Waals surface area (Å²) in [5.74, 6) is 0. The Morgan fingerprint density at radius 3 is 2.53 bits per heavy atom. The fraction of sp³-hybridized carbons (Fsp3) is 0.500. The molecule has 0 spiro atoms. The molecule has 0 atom stereocenters. The Morgan fingerprint density at radius 2 is 1.76 bits per heavy atom. The molecule has 0 aliphatic rings. The average Bonchev–Trinajstić information content (AvgIpc) is 2.38. The van der Waals surface area contributed by atoms with Crippen LogP contribution in [0.1, 0.15) is 44.6 Å². The molecule has 0 aromatic heterocycles. The van der Waals surface area contributed by atoms with Crippen LogP contribution in [0.15, 0.2) is 42.5 Å². The number of benzene rings is 1. The van der Waals surface area contributed by atoms with Crippen LogP contribution in [0.3, 0.4) is 0 Å². The van der Waals surface area contributed by atoms with Crippen LogP contribution in [-0.2, 0) is 11.3 Å². The SMILES string of the molecule is CCCCC/C=C/CCOCc1ccccc1. The Kier molecular flexibility index (Phi) is 8.31. The summed E-state index contributed by atoms with van der Waals surface area (Å²) in [5, 5.41) is 0. The lowest BCUT2D eigenvalue weighted by Gasteiger charge is -2.01. The molecule has 1 aromatic carbocycles. The zero-order valence-electron chi connectivity index (χ0n) is 10.9. The fourth-order valence-corrected chi connectivity index (χ4v) is 1.66. The van der Waals surface area contributed by atoms with E-state index in [0.717, 1.165) is 19.6 Å². The Balaban J connectivity index is 1.94. The molecule has 17 heavy (non-hydrogen) atoms. The fourth-order valence-electron chi connectivity index (χ4n) is 1.66. The Morgan fingerprint density at radius 1 is 1.00 bits per heavy atom. The highest BCUT2D eigenvalue weighted by Crippen LogP contribution is 2.02. The number of unbranched alkanes of at least 4 members (excludes halogenated alkanes) is 3. The van der Waals surface area contributed by atoms with Crippen LogP contribution in [-0.4, -0.2) is 6.61 Å². The summed E-state index contributed by atoms with van der Waals surface area (Å²) in [7, 11) is 0. The number of hydrogen-bond donors (Lipinski definition) is 0. The van der Waals surface area contributed by atoms with Gasteiger partial charge in [-0.3, -0.25) is 0 Å². The van der Waals surface area contributed by atoms with Crippen molar-refractivity contribution in [3.63, 3.8) is 0 Å². The molecule has 0 N–H and O–H groups in total. The van der Waals surface area contributed by atoms with E-state index in [1.54, 1.807) is 0 Å². The molecule has 1 heteroatoms. The average molecular weight is 232 g/mol. The highest BCUT2D eigenvalue weighted by Gasteiger charge is 1.90. The van der Waals surface area contributed by atoms with Crippen LogP contribution in [0.2, 0.25) is 0 Å². The van der Waals surface area contributed by atoms with Gasteiger partial charge in [-0.2, -0.15) is 0 Å². The zero-order chi connectivity index (χ0) is 12.2. The Labute approximate surface area is 106 Å². The highest BCUT2D eigenvalue weighted by molar-refractivity contribution is 5.13. The minimum atomic E-state index is 0.727. The normalized spacial score (nSPS) is 11.1. The molecule has 1 aromatic rings. The van der Waals surface area contributed by atoms with Gasteiger partial charge in [-0.1, -0.05) is 62.2 Å². The molecular weight excluding hydrogens is 208 g/mol. The van der Waals surface area contributed by atoms with Crippen molar-refractivity contribution < 1.29 is 4.74 Å². The van der Waals surface area contributed by atoms with Crippen LogP contribution in [0, 0.1) is 0 Å². The Bertz CT molecular complexity index is 290. The van der Waals surface area contributed by atoms with Crippen LogP contribution < -0.4 is 0 Å². The second-order valence-electron chi connectivity index (χ2n) is 4.29. The lowest BCUT2D eigenvalue weighted by Crippen LogP contribution is -1.93. The van der Waals surface area contributed by atoms with Gasteiger partial charge in [0.05, 0.1) is 13.2 Å². The van der Waals surface area contributed by atoms with Gasteiger partial charge in [0, 0.05) is 0 Å². The van der Waals surface area contributed by atoms with E-state index in [4.69, 9.17) is 4.74 Å². The maximum atomic E-state index is 5.60. The van der Waals surface area contributed by atoms with Gasteiger partial charge in [0.15, 0.2) is 0 Å². The molecule has 0 bridgehead atoms. The molecule has 0 aliphatic carbocycles. The van der Waals surface area contributed by atoms with Gasteiger partial charge in [0.25, 0.3) is 0 Å². The molecule has 0 aliphatic heterocycles. The van der Waals surface area contributed by atoms with Gasteiger partial charge in [-0.25, -0.2) is 0 Å². The number of hydrogen-bond acceptors (Lipinski definition) is 1. The molecule has 94 valence electrons. The standard InChI is InChI=1S/C16H24O/c1-2-3-4-5-6-7-11-14-17-15-16-12-9-8-10-13-16/h6-10,12-13H,2-5,11,14-15H2,1H3/b7-6+. The summed E-state index contributed by atoms with van der Waals surface area (Å²) in [6.07, 6.45) is 10.7. The summed E-state index contributed by atoms with van der Waals surface area (Å²) in [6.45, 7) is 3.78. The Hall–Kier alpha value is -1.08. The largest absolute Gasteiger partial charge is 0.376 e. The third kappa shape index (κ3) is 7.76. The van der Waals surface area contributed by atoms with Crippen molar-refractivity contribution in [3.05, 3.63) is 48.0 Å². The molecule has 1 nitrogen and oxygen atoms in total. The topological polar surface area (TPSA) is 9.23 Å². The first-order chi connectivity index (χ1) is 8.43. The molecule has 0 fully saturated rings. The van der Waals surface area contributed by atoms with Crippen molar-refractivity contribution >= 4 is 0 Å². The molecule has 0 saturated carbocycles. The first kappa shape index (κ1) is 14.0. The van der Waals surface area contributed by atoms with Crippen LogP contribution in [0.4, 0.5) is 0 Å². The van der Waals surface area contributed by atoms with E-state index < -0.39 is 0 Å². The van der Waals surface area contributed by atoms with E-state index in [0.29, 0.717) is 0 Å². The van der Waals surface area contributed by atoms with Crippen molar-refractivity contribution in [3.8, 4) is 0 Å². The summed E-state index contributed by atoms with van der Waals surface area (Å²) in [5.41, 5.74) is 1.25. The number of ether oxygens (including phenoxy) is 1. The van der Waals surface area contributed by atoms with Gasteiger partial charge < -0.3 is 4.74 Å².